The first-order chi connectivity index (χ1) is 10.9. The van der Waals surface area contributed by atoms with Crippen LogP contribution in [0.2, 0.25) is 0 Å². The third-order valence-electron chi connectivity index (χ3n) is 4.45. The molecule has 0 fully saturated rings. The van der Waals surface area contributed by atoms with Crippen LogP contribution < -0.4 is 9.16 Å². The van der Waals surface area contributed by atoms with E-state index in [2.05, 4.69) is 6.58 Å². The molecule has 0 unspecified atom stereocenters. The topological polar surface area (TPSA) is 52.6 Å². The Kier molecular flexibility index (Phi) is 7.34. The molecule has 0 amide bonds. The molecule has 0 saturated carbocycles. The summed E-state index contributed by atoms with van der Waals surface area (Å²) in [4.78, 5) is 0. The lowest BCUT2D eigenvalue weighted by atomic mass is 9.97. The number of methoxy groups -OCH3 is 1. The second-order valence-corrected chi connectivity index (χ2v) is 11.2. The zero-order valence-corrected chi connectivity index (χ0v) is 16.8. The summed E-state index contributed by atoms with van der Waals surface area (Å²) in [5.74, 6) is 1.03. The van der Waals surface area contributed by atoms with Gasteiger partial charge in [-0.15, -0.1) is 0 Å². The van der Waals surface area contributed by atoms with Gasteiger partial charge in [-0.25, -0.2) is 8.42 Å². The Hall–Kier alpha value is -1.27. The van der Waals surface area contributed by atoms with Gasteiger partial charge in [0.1, 0.15) is 5.75 Å². The zero-order valence-electron chi connectivity index (χ0n) is 14.6. The van der Waals surface area contributed by atoms with Crippen molar-refractivity contribution in [2.75, 3.05) is 7.11 Å². The highest BCUT2D eigenvalue weighted by atomic mass is 32.4. The van der Waals surface area contributed by atoms with Crippen LogP contribution in [-0.4, -0.2) is 29.2 Å². The number of hydrogen-bond donors (Lipinski definition) is 0. The minimum Gasteiger partial charge on any atom is -0.531 e. The maximum atomic E-state index is 12.9. The van der Waals surface area contributed by atoms with E-state index in [-0.39, 0.29) is 0 Å². The standard InChI is InChI=1S/C17H28O4SSi/c1-6-12-17(8-3,9-4)22(18,19)23-21-15-11-10-14(7-2)13-16(15)20-5/h7,10-11,13H,2,6,8-9,12,23H2,1,3-5H3. The van der Waals surface area contributed by atoms with Gasteiger partial charge < -0.3 is 9.16 Å². The average Bonchev–Trinajstić information content (AvgIpc) is 2.57. The smallest absolute Gasteiger partial charge is 0.353 e. The van der Waals surface area contributed by atoms with Gasteiger partial charge >= 0.3 is 8.91 Å². The van der Waals surface area contributed by atoms with Gasteiger partial charge in [-0.1, -0.05) is 45.9 Å². The largest absolute Gasteiger partial charge is 0.531 e. The summed E-state index contributed by atoms with van der Waals surface area (Å²) in [6.07, 6.45) is 4.50. The van der Waals surface area contributed by atoms with E-state index >= 15 is 0 Å². The van der Waals surface area contributed by atoms with Crippen molar-refractivity contribution in [3.05, 3.63) is 30.3 Å². The molecule has 0 atom stereocenters. The van der Waals surface area contributed by atoms with Crippen molar-refractivity contribution in [2.45, 2.75) is 51.2 Å². The summed E-state index contributed by atoms with van der Waals surface area (Å²) >= 11 is 0. The monoisotopic (exact) mass is 356 g/mol. The van der Waals surface area contributed by atoms with Gasteiger partial charge in [0.25, 0.3) is 0 Å². The van der Waals surface area contributed by atoms with Crippen LogP contribution in [0.25, 0.3) is 6.08 Å². The maximum Gasteiger partial charge on any atom is 0.353 e. The molecule has 0 aromatic heterocycles. The van der Waals surface area contributed by atoms with Crippen LogP contribution >= 0.6 is 0 Å². The first kappa shape index (κ1) is 19.8. The van der Waals surface area contributed by atoms with Crippen LogP contribution in [0.3, 0.4) is 0 Å². The van der Waals surface area contributed by atoms with Gasteiger partial charge in [0, 0.05) is 0 Å². The maximum absolute atomic E-state index is 12.9. The van der Waals surface area contributed by atoms with Crippen LogP contribution in [0, 0.1) is 0 Å². The fraction of sp³-hybridized carbons (Fsp3) is 0.529. The molecule has 1 aromatic rings. The molecule has 0 radical (unpaired) electrons. The van der Waals surface area contributed by atoms with E-state index in [1.54, 1.807) is 25.3 Å². The minimum atomic E-state index is -3.24. The lowest BCUT2D eigenvalue weighted by Crippen LogP contribution is -2.42. The molecule has 0 heterocycles. The second kappa shape index (κ2) is 8.54. The van der Waals surface area contributed by atoms with Crippen molar-refractivity contribution < 1.29 is 17.6 Å². The highest BCUT2D eigenvalue weighted by molar-refractivity contribution is 8.15. The SMILES string of the molecule is C=Cc1ccc(O[SiH2]S(=O)(=O)C(CC)(CC)CCC)c(OC)c1. The molecule has 1 aromatic carbocycles. The Morgan fingerprint density at radius 3 is 2.35 bits per heavy atom. The van der Waals surface area contributed by atoms with E-state index in [1.807, 2.05) is 26.8 Å². The predicted molar refractivity (Wildman–Crippen MR) is 99.4 cm³/mol. The van der Waals surface area contributed by atoms with Crippen LogP contribution in [-0.2, 0) is 9.29 Å². The third kappa shape index (κ3) is 4.38. The van der Waals surface area contributed by atoms with Crippen molar-refractivity contribution in [3.63, 3.8) is 0 Å². The second-order valence-electron chi connectivity index (χ2n) is 5.63. The molecule has 130 valence electrons. The van der Waals surface area contributed by atoms with Gasteiger partial charge in [-0.3, -0.25) is 0 Å². The Morgan fingerprint density at radius 1 is 1.22 bits per heavy atom. The van der Waals surface area contributed by atoms with Gasteiger partial charge in [-0.2, -0.15) is 0 Å². The third-order valence-corrected chi connectivity index (χ3v) is 10.4. The molecular formula is C17H28O4SSi. The van der Waals surface area contributed by atoms with E-state index in [1.165, 1.54) is 0 Å². The minimum absolute atomic E-state index is 0.492. The molecule has 23 heavy (non-hydrogen) atoms. The average molecular weight is 357 g/mol. The van der Waals surface area contributed by atoms with E-state index in [9.17, 15) is 8.42 Å². The highest BCUT2D eigenvalue weighted by Gasteiger charge is 2.40. The molecule has 0 saturated heterocycles. The van der Waals surface area contributed by atoms with Crippen LogP contribution in [0.5, 0.6) is 11.5 Å². The van der Waals surface area contributed by atoms with Crippen molar-refractivity contribution in [1.82, 2.24) is 0 Å². The van der Waals surface area contributed by atoms with Crippen molar-refractivity contribution >= 4 is 24.3 Å². The number of benzene rings is 1. The molecule has 0 aliphatic carbocycles. The summed E-state index contributed by atoms with van der Waals surface area (Å²) in [5.41, 5.74) is 0.904. The Balaban J connectivity index is 3.01. The van der Waals surface area contributed by atoms with Crippen molar-refractivity contribution in [2.24, 2.45) is 0 Å². The number of rotatable bonds is 10. The summed E-state index contributed by atoms with van der Waals surface area (Å²) in [7, 11) is -3.49. The Bertz CT molecular complexity index is 621. The molecule has 4 nitrogen and oxygen atoms in total. The van der Waals surface area contributed by atoms with E-state index < -0.39 is 22.9 Å². The summed E-state index contributed by atoms with van der Waals surface area (Å²) < 4.78 is 36.1. The van der Waals surface area contributed by atoms with Crippen LogP contribution in [0.1, 0.15) is 52.0 Å². The molecule has 1 rings (SSSR count). The van der Waals surface area contributed by atoms with Gasteiger partial charge in [0.2, 0.25) is 0 Å². The molecule has 0 aliphatic heterocycles. The van der Waals surface area contributed by atoms with Crippen LogP contribution in [0.15, 0.2) is 24.8 Å². The lowest BCUT2D eigenvalue weighted by molar-refractivity contribution is 0.396. The molecule has 0 N–H and O–H groups in total. The van der Waals surface area contributed by atoms with Crippen molar-refractivity contribution in [3.8, 4) is 11.5 Å². The zero-order chi connectivity index (χ0) is 17.5. The number of ether oxygens (including phenoxy) is 1. The predicted octanol–water partition coefficient (Wildman–Crippen LogP) is 3.49. The fourth-order valence-electron chi connectivity index (χ4n) is 2.85. The molecule has 0 bridgehead atoms. The molecule has 0 aliphatic rings. The van der Waals surface area contributed by atoms with Gasteiger partial charge in [0.15, 0.2) is 15.0 Å². The first-order valence-electron chi connectivity index (χ1n) is 8.05. The molecule has 0 spiro atoms. The van der Waals surface area contributed by atoms with Crippen molar-refractivity contribution in [1.29, 1.82) is 0 Å². The lowest BCUT2D eigenvalue weighted by Gasteiger charge is -2.31. The molecular weight excluding hydrogens is 328 g/mol. The fourth-order valence-corrected chi connectivity index (χ4v) is 8.27. The van der Waals surface area contributed by atoms with Gasteiger partial charge in [0.05, 0.1) is 11.9 Å². The van der Waals surface area contributed by atoms with E-state index in [0.29, 0.717) is 30.8 Å². The normalized spacial score (nSPS) is 12.5. The highest BCUT2D eigenvalue weighted by Crippen LogP contribution is 2.33. The summed E-state index contributed by atoms with van der Waals surface area (Å²) in [5, 5.41) is 0. The van der Waals surface area contributed by atoms with Crippen LogP contribution in [0.4, 0.5) is 0 Å². The van der Waals surface area contributed by atoms with E-state index in [0.717, 1.165) is 12.0 Å². The van der Waals surface area contributed by atoms with Gasteiger partial charge in [-0.05, 0) is 37.0 Å². The summed E-state index contributed by atoms with van der Waals surface area (Å²) in [6, 6.07) is 5.38. The quantitative estimate of drug-likeness (QED) is 0.602. The van der Waals surface area contributed by atoms with E-state index in [4.69, 9.17) is 9.16 Å². The number of hydrogen-bond acceptors (Lipinski definition) is 4. The summed E-state index contributed by atoms with van der Waals surface area (Å²) in [6.45, 7) is 9.63. The molecule has 6 heteroatoms. The Labute approximate surface area is 142 Å². The Morgan fingerprint density at radius 2 is 1.87 bits per heavy atom. The first-order valence-corrected chi connectivity index (χ1v) is 12.0.